The monoisotopic (exact) mass is 210 g/mol. The summed E-state index contributed by atoms with van der Waals surface area (Å²) in [7, 11) is 0. The quantitative estimate of drug-likeness (QED) is 0.685. The number of fused-ring (bicyclic) bond motifs is 2. The Labute approximate surface area is 92.4 Å². The molecule has 0 saturated carbocycles. The largest absolute Gasteiger partial charge is 0.381 e. The minimum absolute atomic E-state index is 0.739. The Hall–Kier alpha value is -0.120. The van der Waals surface area contributed by atoms with Crippen LogP contribution in [0.4, 0.5) is 0 Å². The van der Waals surface area contributed by atoms with E-state index >= 15 is 0 Å². The summed E-state index contributed by atoms with van der Waals surface area (Å²) in [5.41, 5.74) is 0. The van der Waals surface area contributed by atoms with E-state index in [9.17, 15) is 0 Å². The highest BCUT2D eigenvalue weighted by Crippen LogP contribution is 2.34. The number of piperidine rings is 1. The van der Waals surface area contributed by atoms with E-state index in [0.717, 1.165) is 37.3 Å². The van der Waals surface area contributed by atoms with Crippen LogP contribution in [-0.2, 0) is 4.74 Å². The Kier molecular flexibility index (Phi) is 2.49. The summed E-state index contributed by atoms with van der Waals surface area (Å²) < 4.78 is 5.24. The van der Waals surface area contributed by atoms with Crippen molar-refractivity contribution in [2.24, 2.45) is 5.92 Å². The summed E-state index contributed by atoms with van der Waals surface area (Å²) in [5.74, 6) is 0.829. The van der Waals surface area contributed by atoms with Crippen LogP contribution in [0.15, 0.2) is 0 Å². The van der Waals surface area contributed by atoms with Crippen LogP contribution in [0.3, 0.4) is 0 Å². The van der Waals surface area contributed by atoms with Gasteiger partial charge in [0.2, 0.25) is 0 Å². The van der Waals surface area contributed by atoms with Crippen molar-refractivity contribution in [2.75, 3.05) is 32.8 Å². The Morgan fingerprint density at radius 2 is 1.87 bits per heavy atom. The molecule has 3 heteroatoms. The second-order valence-corrected chi connectivity index (χ2v) is 5.71. The van der Waals surface area contributed by atoms with Gasteiger partial charge < -0.3 is 4.74 Å². The van der Waals surface area contributed by atoms with Crippen LogP contribution in [0.25, 0.3) is 0 Å². The molecule has 0 radical (unpaired) electrons. The molecule has 2 unspecified atom stereocenters. The fourth-order valence-corrected chi connectivity index (χ4v) is 3.47. The minimum atomic E-state index is 0.739. The third-order valence-corrected chi connectivity index (χ3v) is 4.15. The van der Waals surface area contributed by atoms with Crippen molar-refractivity contribution in [1.82, 2.24) is 9.80 Å². The van der Waals surface area contributed by atoms with Crippen molar-refractivity contribution < 1.29 is 4.74 Å². The summed E-state index contributed by atoms with van der Waals surface area (Å²) in [5, 5.41) is 0. The molecule has 2 atom stereocenters. The van der Waals surface area contributed by atoms with E-state index in [0.29, 0.717) is 0 Å². The fraction of sp³-hybridized carbons (Fsp3) is 1.00. The lowest BCUT2D eigenvalue weighted by Gasteiger charge is -2.59. The van der Waals surface area contributed by atoms with Gasteiger partial charge in [-0.2, -0.15) is 0 Å². The van der Waals surface area contributed by atoms with Crippen molar-refractivity contribution in [1.29, 1.82) is 0 Å². The fourth-order valence-electron chi connectivity index (χ4n) is 3.47. The SMILES string of the molecule is CC(C)N1C2CC1CN(CC1COC1)C2. The first-order valence-electron chi connectivity index (χ1n) is 6.31. The van der Waals surface area contributed by atoms with Gasteiger partial charge in [-0.1, -0.05) is 0 Å². The molecular weight excluding hydrogens is 188 g/mol. The number of piperazine rings is 1. The molecule has 4 fully saturated rings. The first-order chi connectivity index (χ1) is 7.24. The highest BCUT2D eigenvalue weighted by atomic mass is 16.5. The molecule has 0 spiro atoms. The zero-order valence-electron chi connectivity index (χ0n) is 9.85. The average Bonchev–Trinajstić information content (AvgIpc) is 2.10. The first kappa shape index (κ1) is 10.1. The molecule has 4 saturated heterocycles. The molecular formula is C12H22N2O. The van der Waals surface area contributed by atoms with Crippen molar-refractivity contribution >= 4 is 0 Å². The lowest BCUT2D eigenvalue weighted by atomic mass is 9.85. The van der Waals surface area contributed by atoms with E-state index in [4.69, 9.17) is 4.74 Å². The van der Waals surface area contributed by atoms with Crippen LogP contribution in [0.5, 0.6) is 0 Å². The second-order valence-electron chi connectivity index (χ2n) is 5.71. The molecule has 3 nitrogen and oxygen atoms in total. The van der Waals surface area contributed by atoms with Crippen molar-refractivity contribution in [3.05, 3.63) is 0 Å². The molecule has 0 amide bonds. The van der Waals surface area contributed by atoms with Gasteiger partial charge in [0, 0.05) is 43.7 Å². The Bertz CT molecular complexity index is 228. The third-order valence-electron chi connectivity index (χ3n) is 4.15. The summed E-state index contributed by atoms with van der Waals surface area (Å²) in [6.45, 7) is 10.5. The molecule has 86 valence electrons. The minimum Gasteiger partial charge on any atom is -0.381 e. The summed E-state index contributed by atoms with van der Waals surface area (Å²) in [4.78, 5) is 5.36. The van der Waals surface area contributed by atoms with E-state index < -0.39 is 0 Å². The average molecular weight is 210 g/mol. The molecule has 0 aromatic rings. The van der Waals surface area contributed by atoms with Crippen LogP contribution in [-0.4, -0.2) is 60.8 Å². The third kappa shape index (κ3) is 1.71. The van der Waals surface area contributed by atoms with Gasteiger partial charge in [0.25, 0.3) is 0 Å². The van der Waals surface area contributed by atoms with Gasteiger partial charge in [-0.05, 0) is 20.3 Å². The van der Waals surface area contributed by atoms with E-state index in [1.165, 1.54) is 26.1 Å². The van der Waals surface area contributed by atoms with Crippen molar-refractivity contribution in [3.8, 4) is 0 Å². The molecule has 15 heavy (non-hydrogen) atoms. The van der Waals surface area contributed by atoms with E-state index in [1.54, 1.807) is 0 Å². The normalized spacial score (nSPS) is 37.8. The number of hydrogen-bond donors (Lipinski definition) is 0. The molecule has 4 aliphatic rings. The van der Waals surface area contributed by atoms with E-state index in [-0.39, 0.29) is 0 Å². The van der Waals surface area contributed by atoms with Crippen LogP contribution in [0, 0.1) is 5.92 Å². The lowest BCUT2D eigenvalue weighted by Crippen LogP contribution is -2.70. The molecule has 2 bridgehead atoms. The maximum atomic E-state index is 5.24. The molecule has 0 N–H and O–H groups in total. The molecule has 0 aliphatic carbocycles. The van der Waals surface area contributed by atoms with Crippen LogP contribution in [0.1, 0.15) is 20.3 Å². The number of nitrogens with zero attached hydrogens (tertiary/aromatic N) is 2. The highest BCUT2D eigenvalue weighted by molar-refractivity contribution is 5.02. The van der Waals surface area contributed by atoms with Crippen molar-refractivity contribution in [3.63, 3.8) is 0 Å². The van der Waals surface area contributed by atoms with Crippen LogP contribution >= 0.6 is 0 Å². The zero-order chi connectivity index (χ0) is 10.4. The Morgan fingerprint density at radius 1 is 1.20 bits per heavy atom. The molecule has 0 aromatic carbocycles. The Balaban J connectivity index is 1.51. The maximum Gasteiger partial charge on any atom is 0.0528 e. The summed E-state index contributed by atoms with van der Waals surface area (Å²) in [6, 6.07) is 2.44. The van der Waals surface area contributed by atoms with Crippen molar-refractivity contribution in [2.45, 2.75) is 38.4 Å². The molecule has 0 aromatic heterocycles. The number of hydrogen-bond acceptors (Lipinski definition) is 3. The summed E-state index contributed by atoms with van der Waals surface area (Å²) in [6.07, 6.45) is 1.44. The van der Waals surface area contributed by atoms with Gasteiger partial charge in [0.1, 0.15) is 0 Å². The van der Waals surface area contributed by atoms with Gasteiger partial charge in [0.05, 0.1) is 13.2 Å². The Morgan fingerprint density at radius 3 is 2.33 bits per heavy atom. The van der Waals surface area contributed by atoms with Crippen LogP contribution < -0.4 is 0 Å². The lowest BCUT2D eigenvalue weighted by molar-refractivity contribution is -0.110. The molecule has 4 aliphatic heterocycles. The second kappa shape index (κ2) is 3.72. The van der Waals surface area contributed by atoms with Gasteiger partial charge in [-0.25, -0.2) is 0 Å². The molecule has 4 heterocycles. The smallest absolute Gasteiger partial charge is 0.0528 e. The predicted molar refractivity (Wildman–Crippen MR) is 59.9 cm³/mol. The highest BCUT2D eigenvalue weighted by Gasteiger charge is 2.45. The van der Waals surface area contributed by atoms with Crippen LogP contribution in [0.2, 0.25) is 0 Å². The van der Waals surface area contributed by atoms with E-state index in [2.05, 4.69) is 23.6 Å². The van der Waals surface area contributed by atoms with E-state index in [1.807, 2.05) is 0 Å². The topological polar surface area (TPSA) is 15.7 Å². The first-order valence-corrected chi connectivity index (χ1v) is 6.31. The zero-order valence-corrected chi connectivity index (χ0v) is 9.85. The number of rotatable bonds is 3. The number of ether oxygens (including phenoxy) is 1. The maximum absolute atomic E-state index is 5.24. The molecule has 4 rings (SSSR count). The van der Waals surface area contributed by atoms with Gasteiger partial charge in [-0.15, -0.1) is 0 Å². The standard InChI is InChI=1S/C12H22N2O/c1-9(2)14-11-3-12(14)6-13(5-11)4-10-7-15-8-10/h9-12H,3-8H2,1-2H3. The van der Waals surface area contributed by atoms with Gasteiger partial charge in [0.15, 0.2) is 0 Å². The van der Waals surface area contributed by atoms with Gasteiger partial charge in [-0.3, -0.25) is 9.80 Å². The predicted octanol–water partition coefficient (Wildman–Crippen LogP) is 0.800. The summed E-state index contributed by atoms with van der Waals surface area (Å²) >= 11 is 0. The van der Waals surface area contributed by atoms with Gasteiger partial charge >= 0.3 is 0 Å².